The predicted molar refractivity (Wildman–Crippen MR) is 81.6 cm³/mol. The Morgan fingerprint density at radius 1 is 1.25 bits per heavy atom. The van der Waals surface area contributed by atoms with Crippen molar-refractivity contribution in [3.05, 3.63) is 35.4 Å². The lowest BCUT2D eigenvalue weighted by atomic mass is 10.1. The van der Waals surface area contributed by atoms with Gasteiger partial charge in [0.25, 0.3) is 0 Å². The summed E-state index contributed by atoms with van der Waals surface area (Å²) in [6.07, 6.45) is 0.593. The van der Waals surface area contributed by atoms with Gasteiger partial charge in [0.2, 0.25) is 5.91 Å². The summed E-state index contributed by atoms with van der Waals surface area (Å²) in [5.74, 6) is 0.144. The number of hydrogen-bond acceptors (Lipinski definition) is 3. The number of hydrogen-bond donors (Lipinski definition) is 1. The number of nitrogens with zero attached hydrogens (tertiary/aromatic N) is 2. The lowest BCUT2D eigenvalue weighted by molar-refractivity contribution is -0.121. The summed E-state index contributed by atoms with van der Waals surface area (Å²) in [7, 11) is 2.14. The van der Waals surface area contributed by atoms with Crippen molar-refractivity contribution in [3.8, 4) is 0 Å². The Kier molecular flexibility index (Phi) is 5.56. The molecule has 1 aliphatic rings. The zero-order valence-corrected chi connectivity index (χ0v) is 12.6. The number of benzene rings is 1. The Morgan fingerprint density at radius 3 is 2.70 bits per heavy atom. The average Bonchev–Trinajstić information content (AvgIpc) is 2.45. The summed E-state index contributed by atoms with van der Waals surface area (Å²) >= 11 is 0. The van der Waals surface area contributed by atoms with Crippen LogP contribution in [0.2, 0.25) is 0 Å². The summed E-state index contributed by atoms with van der Waals surface area (Å²) in [5, 5.41) is 3.00. The van der Waals surface area contributed by atoms with Crippen molar-refractivity contribution in [2.24, 2.45) is 0 Å². The van der Waals surface area contributed by atoms with Crippen LogP contribution in [0.25, 0.3) is 0 Å². The van der Waals surface area contributed by atoms with Gasteiger partial charge in [-0.3, -0.25) is 4.79 Å². The summed E-state index contributed by atoms with van der Waals surface area (Å²) < 4.78 is 0. The zero-order chi connectivity index (χ0) is 14.4. The van der Waals surface area contributed by atoms with Gasteiger partial charge < -0.3 is 15.1 Å². The highest BCUT2D eigenvalue weighted by Gasteiger charge is 2.14. The lowest BCUT2D eigenvalue weighted by Gasteiger charge is -2.32. The fourth-order valence-corrected chi connectivity index (χ4v) is 2.44. The van der Waals surface area contributed by atoms with Crippen LogP contribution in [-0.4, -0.2) is 55.5 Å². The third-order valence-electron chi connectivity index (χ3n) is 3.82. The average molecular weight is 275 g/mol. The van der Waals surface area contributed by atoms with Crippen LogP contribution in [0.1, 0.15) is 17.5 Å². The molecule has 0 spiro atoms. The molecule has 0 aromatic heterocycles. The van der Waals surface area contributed by atoms with Crippen LogP contribution in [0.15, 0.2) is 24.3 Å². The first kappa shape index (κ1) is 15.0. The van der Waals surface area contributed by atoms with Crippen LogP contribution in [0.5, 0.6) is 0 Å². The van der Waals surface area contributed by atoms with Gasteiger partial charge in [-0.25, -0.2) is 0 Å². The Bertz CT molecular complexity index is 439. The van der Waals surface area contributed by atoms with E-state index in [2.05, 4.69) is 41.2 Å². The molecule has 1 amide bonds. The number of nitrogens with one attached hydrogen (secondary N) is 1. The van der Waals surface area contributed by atoms with E-state index in [0.717, 1.165) is 38.3 Å². The maximum atomic E-state index is 11.9. The van der Waals surface area contributed by atoms with E-state index in [1.165, 1.54) is 5.56 Å². The molecule has 0 saturated carbocycles. The second-order valence-corrected chi connectivity index (χ2v) is 5.66. The van der Waals surface area contributed by atoms with Crippen molar-refractivity contribution in [2.45, 2.75) is 19.9 Å². The highest BCUT2D eigenvalue weighted by molar-refractivity contribution is 5.76. The second-order valence-electron chi connectivity index (χ2n) is 5.66. The largest absolute Gasteiger partial charge is 0.352 e. The van der Waals surface area contributed by atoms with Crippen LogP contribution in [0, 0.1) is 6.92 Å². The Balaban J connectivity index is 1.65. The molecule has 1 aromatic carbocycles. The zero-order valence-electron chi connectivity index (χ0n) is 12.6. The van der Waals surface area contributed by atoms with Gasteiger partial charge in [-0.2, -0.15) is 0 Å². The summed E-state index contributed by atoms with van der Waals surface area (Å²) in [6.45, 7) is 7.91. The van der Waals surface area contributed by atoms with E-state index in [9.17, 15) is 4.79 Å². The minimum atomic E-state index is 0.144. The van der Waals surface area contributed by atoms with E-state index >= 15 is 0 Å². The molecule has 0 unspecified atom stereocenters. The smallest absolute Gasteiger partial charge is 0.221 e. The Hall–Kier alpha value is -1.39. The first-order chi connectivity index (χ1) is 9.63. The van der Waals surface area contributed by atoms with Crippen LogP contribution in [0.3, 0.4) is 0 Å². The normalized spacial score (nSPS) is 17.1. The van der Waals surface area contributed by atoms with E-state index in [-0.39, 0.29) is 5.91 Å². The number of piperazine rings is 1. The molecule has 1 saturated heterocycles. The molecule has 1 N–H and O–H groups in total. The maximum Gasteiger partial charge on any atom is 0.221 e. The monoisotopic (exact) mass is 275 g/mol. The quantitative estimate of drug-likeness (QED) is 0.878. The van der Waals surface area contributed by atoms with Gasteiger partial charge in [0.15, 0.2) is 0 Å². The van der Waals surface area contributed by atoms with Crippen LogP contribution < -0.4 is 5.32 Å². The van der Waals surface area contributed by atoms with Gasteiger partial charge in [0.05, 0.1) is 0 Å². The number of carbonyl (C=O) groups excluding carboxylic acids is 1. The first-order valence-electron chi connectivity index (χ1n) is 7.36. The van der Waals surface area contributed by atoms with Gasteiger partial charge in [0.1, 0.15) is 0 Å². The molecule has 20 heavy (non-hydrogen) atoms. The van der Waals surface area contributed by atoms with Crippen molar-refractivity contribution in [3.63, 3.8) is 0 Å². The number of amides is 1. The molecule has 1 fully saturated rings. The third-order valence-corrected chi connectivity index (χ3v) is 3.82. The molecule has 4 heteroatoms. The molecule has 4 nitrogen and oxygen atoms in total. The topological polar surface area (TPSA) is 35.6 Å². The molecule has 0 atom stereocenters. The number of rotatable bonds is 5. The Morgan fingerprint density at radius 2 is 2.00 bits per heavy atom. The molecule has 1 aliphatic heterocycles. The van der Waals surface area contributed by atoms with E-state index in [1.54, 1.807) is 0 Å². The summed E-state index contributed by atoms with van der Waals surface area (Å²) in [4.78, 5) is 16.6. The fourth-order valence-electron chi connectivity index (χ4n) is 2.44. The summed E-state index contributed by atoms with van der Waals surface area (Å²) in [6, 6.07) is 8.26. The van der Waals surface area contributed by atoms with Gasteiger partial charge in [-0.15, -0.1) is 0 Å². The van der Waals surface area contributed by atoms with E-state index in [0.29, 0.717) is 13.0 Å². The maximum absolute atomic E-state index is 11.9. The SMILES string of the molecule is Cc1cccc(CNC(=O)CCN2CCN(C)CC2)c1. The van der Waals surface area contributed by atoms with E-state index < -0.39 is 0 Å². The van der Waals surface area contributed by atoms with Crippen molar-refractivity contribution >= 4 is 5.91 Å². The summed E-state index contributed by atoms with van der Waals surface area (Å²) in [5.41, 5.74) is 2.40. The number of aryl methyl sites for hydroxylation is 1. The predicted octanol–water partition coefficient (Wildman–Crippen LogP) is 1.25. The highest BCUT2D eigenvalue weighted by Crippen LogP contribution is 2.04. The molecule has 1 aromatic rings. The van der Waals surface area contributed by atoms with E-state index in [4.69, 9.17) is 0 Å². The fraction of sp³-hybridized carbons (Fsp3) is 0.562. The minimum Gasteiger partial charge on any atom is -0.352 e. The van der Waals surface area contributed by atoms with E-state index in [1.807, 2.05) is 12.1 Å². The van der Waals surface area contributed by atoms with Crippen molar-refractivity contribution < 1.29 is 4.79 Å². The molecular formula is C16H25N3O. The molecule has 1 heterocycles. The first-order valence-corrected chi connectivity index (χ1v) is 7.36. The number of likely N-dealkylation sites (N-methyl/N-ethyl adjacent to an activating group) is 1. The van der Waals surface area contributed by atoms with Crippen molar-refractivity contribution in [2.75, 3.05) is 39.8 Å². The lowest BCUT2D eigenvalue weighted by Crippen LogP contribution is -2.45. The van der Waals surface area contributed by atoms with Gasteiger partial charge >= 0.3 is 0 Å². The van der Waals surface area contributed by atoms with Crippen molar-refractivity contribution in [1.29, 1.82) is 0 Å². The van der Waals surface area contributed by atoms with Crippen LogP contribution in [-0.2, 0) is 11.3 Å². The molecule has 110 valence electrons. The highest BCUT2D eigenvalue weighted by atomic mass is 16.1. The van der Waals surface area contributed by atoms with Gasteiger partial charge in [-0.05, 0) is 19.5 Å². The molecular weight excluding hydrogens is 250 g/mol. The van der Waals surface area contributed by atoms with Gasteiger partial charge in [-0.1, -0.05) is 29.8 Å². The minimum absolute atomic E-state index is 0.144. The standard InChI is InChI=1S/C16H25N3O/c1-14-4-3-5-15(12-14)13-17-16(20)6-7-19-10-8-18(2)9-11-19/h3-5,12H,6-11,13H2,1-2H3,(H,17,20). The van der Waals surface area contributed by atoms with Crippen LogP contribution in [0.4, 0.5) is 0 Å². The molecule has 0 radical (unpaired) electrons. The Labute approximate surface area is 121 Å². The van der Waals surface area contributed by atoms with Crippen molar-refractivity contribution in [1.82, 2.24) is 15.1 Å². The molecule has 2 rings (SSSR count). The molecule has 0 aliphatic carbocycles. The van der Waals surface area contributed by atoms with Crippen LogP contribution >= 0.6 is 0 Å². The number of carbonyl (C=O) groups is 1. The second kappa shape index (κ2) is 7.41. The van der Waals surface area contributed by atoms with Gasteiger partial charge in [0, 0.05) is 45.7 Å². The third kappa shape index (κ3) is 4.94. The molecule has 0 bridgehead atoms.